The smallest absolute Gasteiger partial charge is 0.407 e. The quantitative estimate of drug-likeness (QED) is 0.512. The molecule has 3 unspecified atom stereocenters. The van der Waals surface area contributed by atoms with Crippen LogP contribution in [-0.2, 0) is 14.3 Å². The SMILES string of the molecule is O=C(O)CC(NC(=O)OCC1c2ccccc2-c2ccccc21)C(=O)NC1CCCCC1O. The normalized spacial score (nSPS) is 20.3. The topological polar surface area (TPSA) is 125 Å². The van der Waals surface area contributed by atoms with Crippen molar-refractivity contribution in [2.24, 2.45) is 0 Å². The molecule has 33 heavy (non-hydrogen) atoms. The van der Waals surface area contributed by atoms with E-state index in [1.165, 1.54) is 0 Å². The number of aliphatic hydroxyl groups excluding tert-OH is 1. The number of nitrogens with one attached hydrogen (secondary N) is 2. The Kier molecular flexibility index (Phi) is 6.93. The van der Waals surface area contributed by atoms with E-state index >= 15 is 0 Å². The Hall–Kier alpha value is -3.39. The molecule has 4 rings (SSSR count). The van der Waals surface area contributed by atoms with Gasteiger partial charge in [0.05, 0.1) is 18.6 Å². The van der Waals surface area contributed by atoms with E-state index in [9.17, 15) is 24.6 Å². The average molecular weight is 453 g/mol. The van der Waals surface area contributed by atoms with Crippen LogP contribution in [0.5, 0.6) is 0 Å². The molecule has 0 heterocycles. The third-order valence-electron chi connectivity index (χ3n) is 6.39. The van der Waals surface area contributed by atoms with Gasteiger partial charge in [-0.05, 0) is 35.1 Å². The molecule has 2 aliphatic carbocycles. The molecule has 0 aromatic heterocycles. The number of aliphatic hydroxyl groups is 1. The van der Waals surface area contributed by atoms with Crippen molar-refractivity contribution in [3.63, 3.8) is 0 Å². The lowest BCUT2D eigenvalue weighted by Crippen LogP contribution is -2.53. The molecule has 0 aliphatic heterocycles. The lowest BCUT2D eigenvalue weighted by atomic mass is 9.92. The van der Waals surface area contributed by atoms with E-state index in [2.05, 4.69) is 10.6 Å². The van der Waals surface area contributed by atoms with Crippen LogP contribution in [0.2, 0.25) is 0 Å². The molecular formula is C25H28N2O6. The maximum atomic E-state index is 12.7. The molecule has 8 heteroatoms. The summed E-state index contributed by atoms with van der Waals surface area (Å²) in [5.74, 6) is -2.01. The minimum atomic E-state index is -1.30. The van der Waals surface area contributed by atoms with Crippen LogP contribution in [0.3, 0.4) is 0 Å². The number of aliphatic carboxylic acids is 1. The molecule has 0 spiro atoms. The first-order valence-electron chi connectivity index (χ1n) is 11.3. The third-order valence-corrected chi connectivity index (χ3v) is 6.39. The highest BCUT2D eigenvalue weighted by Crippen LogP contribution is 2.44. The predicted molar refractivity (Wildman–Crippen MR) is 121 cm³/mol. The molecule has 0 bridgehead atoms. The number of rotatable bonds is 7. The summed E-state index contributed by atoms with van der Waals surface area (Å²) in [4.78, 5) is 36.5. The number of alkyl carbamates (subject to hydrolysis) is 1. The van der Waals surface area contributed by atoms with Crippen LogP contribution < -0.4 is 10.6 Å². The Bertz CT molecular complexity index is 994. The minimum absolute atomic E-state index is 0.0581. The zero-order chi connectivity index (χ0) is 23.4. The molecule has 2 amide bonds. The second-order valence-corrected chi connectivity index (χ2v) is 8.59. The molecule has 2 aromatic rings. The van der Waals surface area contributed by atoms with Gasteiger partial charge in [0.2, 0.25) is 5.91 Å². The number of hydrogen-bond donors (Lipinski definition) is 4. The van der Waals surface area contributed by atoms with Gasteiger partial charge in [0, 0.05) is 5.92 Å². The second kappa shape index (κ2) is 10.0. The summed E-state index contributed by atoms with van der Waals surface area (Å²) in [6.07, 6.45) is 0.811. The van der Waals surface area contributed by atoms with Crippen LogP contribution in [0, 0.1) is 0 Å². The van der Waals surface area contributed by atoms with Crippen LogP contribution >= 0.6 is 0 Å². The van der Waals surface area contributed by atoms with Gasteiger partial charge in [-0.2, -0.15) is 0 Å². The number of fused-ring (bicyclic) bond motifs is 3. The molecule has 0 saturated heterocycles. The largest absolute Gasteiger partial charge is 0.481 e. The fourth-order valence-corrected chi connectivity index (χ4v) is 4.73. The van der Waals surface area contributed by atoms with E-state index in [1.54, 1.807) is 0 Å². The van der Waals surface area contributed by atoms with Gasteiger partial charge in [0.25, 0.3) is 0 Å². The molecule has 0 radical (unpaired) electrons. The Morgan fingerprint density at radius 3 is 2.18 bits per heavy atom. The zero-order valence-corrected chi connectivity index (χ0v) is 18.2. The van der Waals surface area contributed by atoms with E-state index in [1.807, 2.05) is 48.5 Å². The Morgan fingerprint density at radius 2 is 1.58 bits per heavy atom. The molecule has 2 aromatic carbocycles. The van der Waals surface area contributed by atoms with Gasteiger partial charge < -0.3 is 25.6 Å². The number of amides is 2. The van der Waals surface area contributed by atoms with Gasteiger partial charge in [0.1, 0.15) is 12.6 Å². The van der Waals surface area contributed by atoms with Gasteiger partial charge in [-0.25, -0.2) is 4.79 Å². The lowest BCUT2D eigenvalue weighted by Gasteiger charge is -2.29. The van der Waals surface area contributed by atoms with E-state index < -0.39 is 42.6 Å². The highest BCUT2D eigenvalue weighted by Gasteiger charge is 2.32. The lowest BCUT2D eigenvalue weighted by molar-refractivity contribution is -0.140. The van der Waals surface area contributed by atoms with Gasteiger partial charge in [0.15, 0.2) is 0 Å². The Labute approximate surface area is 192 Å². The van der Waals surface area contributed by atoms with Crippen LogP contribution in [0.15, 0.2) is 48.5 Å². The van der Waals surface area contributed by atoms with E-state index in [4.69, 9.17) is 4.74 Å². The van der Waals surface area contributed by atoms with Crippen LogP contribution in [-0.4, -0.2) is 53.0 Å². The maximum Gasteiger partial charge on any atom is 0.407 e. The maximum absolute atomic E-state index is 12.7. The van der Waals surface area contributed by atoms with Gasteiger partial charge in [-0.15, -0.1) is 0 Å². The summed E-state index contributed by atoms with van der Waals surface area (Å²) >= 11 is 0. The zero-order valence-electron chi connectivity index (χ0n) is 18.2. The van der Waals surface area contributed by atoms with Crippen molar-refractivity contribution in [1.82, 2.24) is 10.6 Å². The molecule has 2 aliphatic rings. The van der Waals surface area contributed by atoms with Crippen molar-refractivity contribution < 1.29 is 29.3 Å². The number of hydrogen-bond acceptors (Lipinski definition) is 5. The summed E-state index contributed by atoms with van der Waals surface area (Å²) in [5, 5.41) is 24.4. The van der Waals surface area contributed by atoms with E-state index in [-0.39, 0.29) is 12.5 Å². The van der Waals surface area contributed by atoms with Crippen molar-refractivity contribution in [3.8, 4) is 11.1 Å². The Morgan fingerprint density at radius 1 is 0.970 bits per heavy atom. The first kappa shape index (κ1) is 22.8. The van der Waals surface area contributed by atoms with Gasteiger partial charge in [-0.3, -0.25) is 9.59 Å². The number of carboxylic acids is 1. The molecule has 3 atom stereocenters. The number of carboxylic acid groups (broad SMARTS) is 1. The minimum Gasteiger partial charge on any atom is -0.481 e. The highest BCUT2D eigenvalue weighted by molar-refractivity contribution is 5.89. The molecule has 1 fully saturated rings. The summed E-state index contributed by atoms with van der Waals surface area (Å²) in [6, 6.07) is 14.1. The standard InChI is InChI=1S/C25H28N2O6/c28-22-12-6-5-11-20(22)26-24(31)21(13-23(29)30)27-25(32)33-14-19-17-9-3-1-7-15(17)16-8-2-4-10-18(16)19/h1-4,7-10,19-22,28H,5-6,11-14H2,(H,26,31)(H,27,32)(H,29,30). The summed E-state index contributed by atoms with van der Waals surface area (Å²) in [5.41, 5.74) is 4.29. The first-order chi connectivity index (χ1) is 15.9. The van der Waals surface area contributed by atoms with Crippen molar-refractivity contribution in [2.45, 2.75) is 56.2 Å². The van der Waals surface area contributed by atoms with E-state index in [0.29, 0.717) is 12.8 Å². The van der Waals surface area contributed by atoms with Crippen LogP contribution in [0.4, 0.5) is 4.79 Å². The summed E-state index contributed by atoms with van der Waals surface area (Å²) in [7, 11) is 0. The first-order valence-corrected chi connectivity index (χ1v) is 11.3. The fraction of sp³-hybridized carbons (Fsp3) is 0.400. The van der Waals surface area contributed by atoms with Crippen LogP contribution in [0.25, 0.3) is 11.1 Å². The average Bonchev–Trinajstić information content (AvgIpc) is 3.12. The number of ether oxygens (including phenoxy) is 1. The van der Waals surface area contributed by atoms with Crippen LogP contribution in [0.1, 0.15) is 49.1 Å². The second-order valence-electron chi connectivity index (χ2n) is 8.59. The fourth-order valence-electron chi connectivity index (χ4n) is 4.73. The number of benzene rings is 2. The summed E-state index contributed by atoms with van der Waals surface area (Å²) in [6.45, 7) is 0.0581. The molecule has 8 nitrogen and oxygen atoms in total. The van der Waals surface area contributed by atoms with Gasteiger partial charge >= 0.3 is 12.1 Å². The van der Waals surface area contributed by atoms with Crippen molar-refractivity contribution in [3.05, 3.63) is 59.7 Å². The van der Waals surface area contributed by atoms with E-state index in [0.717, 1.165) is 35.1 Å². The molecular weight excluding hydrogens is 424 g/mol. The molecule has 174 valence electrons. The monoisotopic (exact) mass is 452 g/mol. The summed E-state index contributed by atoms with van der Waals surface area (Å²) < 4.78 is 5.44. The molecule has 1 saturated carbocycles. The molecule has 4 N–H and O–H groups in total. The van der Waals surface area contributed by atoms with Crippen molar-refractivity contribution >= 4 is 18.0 Å². The number of carbonyl (C=O) groups is 3. The van der Waals surface area contributed by atoms with Gasteiger partial charge in [-0.1, -0.05) is 61.4 Å². The van der Waals surface area contributed by atoms with Crippen molar-refractivity contribution in [1.29, 1.82) is 0 Å². The highest BCUT2D eigenvalue weighted by atomic mass is 16.5. The third kappa shape index (κ3) is 5.17. The number of carbonyl (C=O) groups excluding carboxylic acids is 2. The van der Waals surface area contributed by atoms with Crippen molar-refractivity contribution in [2.75, 3.05) is 6.61 Å². The predicted octanol–water partition coefficient (Wildman–Crippen LogP) is 2.79. The Balaban J connectivity index is 1.40.